The van der Waals surface area contributed by atoms with Crippen LogP contribution in [-0.2, 0) is 0 Å². The van der Waals surface area contributed by atoms with Gasteiger partial charge in [-0.1, -0.05) is 11.6 Å². The maximum absolute atomic E-state index is 12.6. The number of hydrogen-bond donors (Lipinski definition) is 1. The molecule has 15 heavy (non-hydrogen) atoms. The van der Waals surface area contributed by atoms with Crippen LogP contribution in [0.15, 0.2) is 40.8 Å². The molecule has 3 heteroatoms. The summed E-state index contributed by atoms with van der Waals surface area (Å²) in [6.45, 7) is 4.06. The molecule has 0 radical (unpaired) electrons. The van der Waals surface area contributed by atoms with Crippen LogP contribution < -0.4 is 5.73 Å². The smallest absolute Gasteiger partial charge is 0.123 e. The Kier molecular flexibility index (Phi) is 4.85. The van der Waals surface area contributed by atoms with Gasteiger partial charge in [0.25, 0.3) is 0 Å². The van der Waals surface area contributed by atoms with Crippen molar-refractivity contribution in [3.8, 4) is 0 Å². The van der Waals surface area contributed by atoms with Crippen molar-refractivity contribution in [2.45, 2.75) is 24.8 Å². The molecule has 1 aromatic rings. The molecule has 0 amide bonds. The summed E-state index contributed by atoms with van der Waals surface area (Å²) < 4.78 is 12.6. The zero-order valence-corrected chi connectivity index (χ0v) is 9.85. The summed E-state index contributed by atoms with van der Waals surface area (Å²) in [5.74, 6) is 0.615. The van der Waals surface area contributed by atoms with Crippen LogP contribution in [-0.4, -0.2) is 11.8 Å². The fourth-order valence-electron chi connectivity index (χ4n) is 1.20. The van der Waals surface area contributed by atoms with E-state index in [-0.39, 0.29) is 11.9 Å². The Morgan fingerprint density at radius 1 is 1.40 bits per heavy atom. The summed E-state index contributed by atoms with van der Waals surface area (Å²) in [6.07, 6.45) is 2.04. The van der Waals surface area contributed by atoms with Crippen LogP contribution in [0, 0.1) is 5.82 Å². The Hall–Kier alpha value is -0.800. The summed E-state index contributed by atoms with van der Waals surface area (Å²) in [6, 6.07) is 6.54. The van der Waals surface area contributed by atoms with Gasteiger partial charge in [0.05, 0.1) is 0 Å². The molecule has 0 saturated carbocycles. The second-order valence-corrected chi connectivity index (χ2v) is 4.77. The van der Waals surface area contributed by atoms with Crippen molar-refractivity contribution in [2.24, 2.45) is 5.73 Å². The highest BCUT2D eigenvalue weighted by molar-refractivity contribution is 7.99. The molecule has 1 nitrogen and oxygen atoms in total. The van der Waals surface area contributed by atoms with Crippen LogP contribution in [0.4, 0.5) is 4.39 Å². The van der Waals surface area contributed by atoms with E-state index in [4.69, 9.17) is 5.73 Å². The zero-order valence-electron chi connectivity index (χ0n) is 9.03. The fourth-order valence-corrected chi connectivity index (χ4v) is 2.01. The lowest BCUT2D eigenvalue weighted by Gasteiger charge is -2.07. The molecule has 0 aliphatic rings. The normalized spacial score (nSPS) is 12.3. The minimum absolute atomic E-state index is 0.0602. The summed E-state index contributed by atoms with van der Waals surface area (Å²) in [5, 5.41) is 0. The highest BCUT2D eigenvalue weighted by Gasteiger charge is 2.00. The second-order valence-electron chi connectivity index (χ2n) is 3.67. The number of nitrogens with two attached hydrogens (primary N) is 1. The van der Waals surface area contributed by atoms with E-state index in [0.717, 1.165) is 10.6 Å². The van der Waals surface area contributed by atoms with Gasteiger partial charge in [-0.05, 0) is 38.1 Å². The maximum Gasteiger partial charge on any atom is 0.123 e. The Morgan fingerprint density at radius 2 is 2.00 bits per heavy atom. The van der Waals surface area contributed by atoms with Gasteiger partial charge in [0.1, 0.15) is 5.82 Å². The summed E-state index contributed by atoms with van der Waals surface area (Å²) in [5.41, 5.74) is 7.11. The number of thioether (sulfide) groups is 1. The molecule has 0 saturated heterocycles. The number of hydrogen-bond acceptors (Lipinski definition) is 2. The lowest BCUT2D eigenvalue weighted by Crippen LogP contribution is -2.19. The molecule has 1 rings (SSSR count). The van der Waals surface area contributed by atoms with E-state index in [9.17, 15) is 4.39 Å². The van der Waals surface area contributed by atoms with Crippen molar-refractivity contribution in [2.75, 3.05) is 5.75 Å². The Morgan fingerprint density at radius 3 is 2.53 bits per heavy atom. The first kappa shape index (κ1) is 12.3. The minimum atomic E-state index is -0.201. The molecular weight excluding hydrogens is 209 g/mol. The predicted molar refractivity (Wildman–Crippen MR) is 64.5 cm³/mol. The lowest BCUT2D eigenvalue weighted by atomic mass is 10.2. The van der Waals surface area contributed by atoms with E-state index in [1.165, 1.54) is 17.7 Å². The van der Waals surface area contributed by atoms with Gasteiger partial charge >= 0.3 is 0 Å². The van der Waals surface area contributed by atoms with Gasteiger partial charge < -0.3 is 5.73 Å². The molecule has 0 fully saturated rings. The number of halogens is 1. The van der Waals surface area contributed by atoms with Gasteiger partial charge in [-0.3, -0.25) is 0 Å². The van der Waals surface area contributed by atoms with E-state index in [0.29, 0.717) is 0 Å². The third-order valence-electron chi connectivity index (χ3n) is 1.80. The molecule has 1 unspecified atom stereocenters. The molecule has 2 N–H and O–H groups in total. The first-order chi connectivity index (χ1) is 7.08. The van der Waals surface area contributed by atoms with Gasteiger partial charge in [0, 0.05) is 16.7 Å². The first-order valence-corrected chi connectivity index (χ1v) is 5.85. The van der Waals surface area contributed by atoms with Crippen molar-refractivity contribution in [1.82, 2.24) is 0 Å². The third-order valence-corrected chi connectivity index (χ3v) is 2.96. The fraction of sp³-hybridized carbons (Fsp3) is 0.333. The van der Waals surface area contributed by atoms with Crippen LogP contribution in [0.25, 0.3) is 0 Å². The molecule has 82 valence electrons. The van der Waals surface area contributed by atoms with Crippen LogP contribution in [0.3, 0.4) is 0 Å². The van der Waals surface area contributed by atoms with Crippen molar-refractivity contribution in [3.63, 3.8) is 0 Å². The molecule has 0 aliphatic heterocycles. The summed E-state index contributed by atoms with van der Waals surface area (Å²) in [4.78, 5) is 1.05. The second kappa shape index (κ2) is 5.93. The van der Waals surface area contributed by atoms with Gasteiger partial charge in [0.2, 0.25) is 0 Å². The van der Waals surface area contributed by atoms with Crippen LogP contribution in [0.2, 0.25) is 0 Å². The highest BCUT2D eigenvalue weighted by atomic mass is 32.2. The Labute approximate surface area is 94.6 Å². The quantitative estimate of drug-likeness (QED) is 0.629. The molecule has 1 aromatic carbocycles. The van der Waals surface area contributed by atoms with Crippen LogP contribution in [0.5, 0.6) is 0 Å². The van der Waals surface area contributed by atoms with Gasteiger partial charge in [-0.15, -0.1) is 11.8 Å². The number of rotatable bonds is 4. The molecule has 0 heterocycles. The highest BCUT2D eigenvalue weighted by Crippen LogP contribution is 2.18. The molecule has 1 atom stereocenters. The predicted octanol–water partition coefficient (Wildman–Crippen LogP) is 3.21. The average molecular weight is 225 g/mol. The van der Waals surface area contributed by atoms with Crippen LogP contribution >= 0.6 is 11.8 Å². The lowest BCUT2D eigenvalue weighted by molar-refractivity contribution is 0.626. The first-order valence-electron chi connectivity index (χ1n) is 4.87. The molecule has 0 aliphatic carbocycles. The standard InChI is InChI=1S/C12H16FNS/c1-9(2)7-11(14)8-15-12-5-3-10(13)4-6-12/h3-7,11H,8,14H2,1-2H3. The summed E-state index contributed by atoms with van der Waals surface area (Å²) in [7, 11) is 0. The number of benzene rings is 1. The van der Waals surface area contributed by atoms with E-state index < -0.39 is 0 Å². The van der Waals surface area contributed by atoms with E-state index in [1.54, 1.807) is 23.9 Å². The minimum Gasteiger partial charge on any atom is -0.324 e. The SMILES string of the molecule is CC(C)=CC(N)CSc1ccc(F)cc1. The van der Waals surface area contributed by atoms with Gasteiger partial charge in [-0.2, -0.15) is 0 Å². The third kappa shape index (κ3) is 5.00. The van der Waals surface area contributed by atoms with E-state index in [2.05, 4.69) is 0 Å². The molecular formula is C12H16FNS. The van der Waals surface area contributed by atoms with Crippen LogP contribution in [0.1, 0.15) is 13.8 Å². The van der Waals surface area contributed by atoms with Crippen molar-refractivity contribution < 1.29 is 4.39 Å². The molecule has 0 bridgehead atoms. The van der Waals surface area contributed by atoms with E-state index in [1.807, 2.05) is 19.9 Å². The molecule has 0 aromatic heterocycles. The largest absolute Gasteiger partial charge is 0.324 e. The van der Waals surface area contributed by atoms with Gasteiger partial charge in [0.15, 0.2) is 0 Å². The van der Waals surface area contributed by atoms with Crippen molar-refractivity contribution >= 4 is 11.8 Å². The zero-order chi connectivity index (χ0) is 11.3. The Bertz CT molecular complexity index is 328. The van der Waals surface area contributed by atoms with Gasteiger partial charge in [-0.25, -0.2) is 4.39 Å². The summed E-state index contributed by atoms with van der Waals surface area (Å²) >= 11 is 1.64. The van der Waals surface area contributed by atoms with Crippen molar-refractivity contribution in [1.29, 1.82) is 0 Å². The average Bonchev–Trinajstić information content (AvgIpc) is 2.16. The Balaban J connectivity index is 2.43. The molecule has 0 spiro atoms. The monoisotopic (exact) mass is 225 g/mol. The maximum atomic E-state index is 12.6. The van der Waals surface area contributed by atoms with Crippen molar-refractivity contribution in [3.05, 3.63) is 41.7 Å². The number of allylic oxidation sites excluding steroid dienone is 1. The van der Waals surface area contributed by atoms with E-state index >= 15 is 0 Å². The topological polar surface area (TPSA) is 26.0 Å².